The first-order valence-corrected chi connectivity index (χ1v) is 5.35. The molecule has 0 aliphatic carbocycles. The third-order valence-corrected chi connectivity index (χ3v) is 2.77. The Morgan fingerprint density at radius 1 is 1.79 bits per heavy atom. The third-order valence-electron chi connectivity index (χ3n) is 1.88. The standard InChI is InChI=1S/C9H14N2O2S/c1-3-7(9-10-4-5-14-9)11-6-8(12)13-2/h4-5,7,11H,3,6H2,1-2H3. The van der Waals surface area contributed by atoms with Crippen LogP contribution in [0.25, 0.3) is 0 Å². The van der Waals surface area contributed by atoms with Crippen LogP contribution in [0.3, 0.4) is 0 Å². The van der Waals surface area contributed by atoms with E-state index in [0.717, 1.165) is 11.4 Å². The number of methoxy groups -OCH3 is 1. The van der Waals surface area contributed by atoms with Gasteiger partial charge in [-0.2, -0.15) is 0 Å². The first-order chi connectivity index (χ1) is 6.77. The number of ether oxygens (including phenoxy) is 1. The van der Waals surface area contributed by atoms with Gasteiger partial charge in [-0.1, -0.05) is 6.92 Å². The highest BCUT2D eigenvalue weighted by Gasteiger charge is 2.12. The lowest BCUT2D eigenvalue weighted by Crippen LogP contribution is -2.27. The molecule has 5 heteroatoms. The molecule has 0 aliphatic rings. The molecule has 1 N–H and O–H groups in total. The molecule has 14 heavy (non-hydrogen) atoms. The van der Waals surface area contributed by atoms with Gasteiger partial charge in [0.2, 0.25) is 0 Å². The quantitative estimate of drug-likeness (QED) is 0.752. The van der Waals surface area contributed by atoms with Crippen molar-refractivity contribution >= 4 is 17.3 Å². The van der Waals surface area contributed by atoms with E-state index in [1.165, 1.54) is 7.11 Å². The van der Waals surface area contributed by atoms with Crippen LogP contribution in [0.15, 0.2) is 11.6 Å². The molecule has 1 aromatic heterocycles. The second-order valence-corrected chi connectivity index (χ2v) is 3.71. The Balaban J connectivity index is 2.44. The molecule has 1 rings (SSSR count). The fourth-order valence-electron chi connectivity index (χ4n) is 1.09. The van der Waals surface area contributed by atoms with E-state index in [1.807, 2.05) is 5.38 Å². The van der Waals surface area contributed by atoms with Gasteiger partial charge in [-0.15, -0.1) is 11.3 Å². The molecule has 78 valence electrons. The number of hydrogen-bond donors (Lipinski definition) is 1. The van der Waals surface area contributed by atoms with Crippen molar-refractivity contribution in [3.63, 3.8) is 0 Å². The Kier molecular flexibility index (Phi) is 4.55. The zero-order chi connectivity index (χ0) is 10.4. The van der Waals surface area contributed by atoms with Gasteiger partial charge in [0.1, 0.15) is 5.01 Å². The fraction of sp³-hybridized carbons (Fsp3) is 0.556. The molecule has 0 aliphatic heterocycles. The van der Waals surface area contributed by atoms with Crippen molar-refractivity contribution in [3.05, 3.63) is 16.6 Å². The minimum Gasteiger partial charge on any atom is -0.468 e. The van der Waals surface area contributed by atoms with E-state index in [0.29, 0.717) is 0 Å². The van der Waals surface area contributed by atoms with Crippen LogP contribution in [0.4, 0.5) is 0 Å². The van der Waals surface area contributed by atoms with Crippen molar-refractivity contribution in [2.75, 3.05) is 13.7 Å². The molecule has 1 heterocycles. The third kappa shape index (κ3) is 3.08. The first-order valence-electron chi connectivity index (χ1n) is 4.47. The molecule has 0 bridgehead atoms. The molecular weight excluding hydrogens is 200 g/mol. The largest absolute Gasteiger partial charge is 0.468 e. The predicted octanol–water partition coefficient (Wildman–Crippen LogP) is 1.36. The summed E-state index contributed by atoms with van der Waals surface area (Å²) in [5.41, 5.74) is 0. The summed E-state index contributed by atoms with van der Waals surface area (Å²) in [5, 5.41) is 6.03. The van der Waals surface area contributed by atoms with Crippen LogP contribution in [0.1, 0.15) is 24.4 Å². The highest BCUT2D eigenvalue weighted by atomic mass is 32.1. The second-order valence-electron chi connectivity index (χ2n) is 2.79. The van der Waals surface area contributed by atoms with Crippen LogP contribution >= 0.6 is 11.3 Å². The van der Waals surface area contributed by atoms with Crippen LogP contribution < -0.4 is 5.32 Å². The van der Waals surface area contributed by atoms with Crippen molar-refractivity contribution in [1.82, 2.24) is 10.3 Å². The van der Waals surface area contributed by atoms with E-state index in [4.69, 9.17) is 0 Å². The Bertz CT molecular complexity index is 274. The number of nitrogens with zero attached hydrogens (tertiary/aromatic N) is 1. The predicted molar refractivity (Wildman–Crippen MR) is 55.2 cm³/mol. The summed E-state index contributed by atoms with van der Waals surface area (Å²) in [6.45, 7) is 2.28. The van der Waals surface area contributed by atoms with Gasteiger partial charge in [-0.25, -0.2) is 4.98 Å². The Labute approximate surface area is 87.3 Å². The van der Waals surface area contributed by atoms with Crippen LogP contribution in [0, 0.1) is 0 Å². The Hall–Kier alpha value is -0.940. The van der Waals surface area contributed by atoms with Gasteiger partial charge in [-0.3, -0.25) is 10.1 Å². The van der Waals surface area contributed by atoms with E-state index in [2.05, 4.69) is 22.0 Å². The molecule has 0 fully saturated rings. The van der Waals surface area contributed by atoms with Crippen LogP contribution in [-0.2, 0) is 9.53 Å². The van der Waals surface area contributed by atoms with E-state index < -0.39 is 0 Å². The SMILES string of the molecule is CCC(NCC(=O)OC)c1nccs1. The van der Waals surface area contributed by atoms with Crippen molar-refractivity contribution in [2.24, 2.45) is 0 Å². The molecule has 0 saturated heterocycles. The van der Waals surface area contributed by atoms with E-state index in [9.17, 15) is 4.79 Å². The van der Waals surface area contributed by atoms with Crippen molar-refractivity contribution in [2.45, 2.75) is 19.4 Å². The zero-order valence-electron chi connectivity index (χ0n) is 8.32. The van der Waals surface area contributed by atoms with Crippen LogP contribution in [-0.4, -0.2) is 24.6 Å². The van der Waals surface area contributed by atoms with Crippen molar-refractivity contribution in [1.29, 1.82) is 0 Å². The van der Waals surface area contributed by atoms with Gasteiger partial charge in [0.05, 0.1) is 19.7 Å². The Morgan fingerprint density at radius 2 is 2.57 bits per heavy atom. The lowest BCUT2D eigenvalue weighted by Gasteiger charge is -2.12. The van der Waals surface area contributed by atoms with E-state index >= 15 is 0 Å². The molecule has 0 spiro atoms. The maximum atomic E-state index is 10.9. The average Bonchev–Trinajstić information content (AvgIpc) is 2.72. The normalized spacial score (nSPS) is 12.4. The van der Waals surface area contributed by atoms with Crippen LogP contribution in [0.2, 0.25) is 0 Å². The number of hydrogen-bond acceptors (Lipinski definition) is 5. The minimum atomic E-state index is -0.250. The number of carbonyl (C=O) groups is 1. The maximum Gasteiger partial charge on any atom is 0.319 e. The highest BCUT2D eigenvalue weighted by molar-refractivity contribution is 7.09. The number of rotatable bonds is 5. The lowest BCUT2D eigenvalue weighted by molar-refractivity contribution is -0.139. The molecule has 1 aromatic rings. The van der Waals surface area contributed by atoms with Gasteiger partial charge < -0.3 is 4.74 Å². The molecule has 1 unspecified atom stereocenters. The van der Waals surface area contributed by atoms with Gasteiger partial charge in [-0.05, 0) is 6.42 Å². The lowest BCUT2D eigenvalue weighted by atomic mass is 10.2. The number of nitrogens with one attached hydrogen (secondary N) is 1. The minimum absolute atomic E-state index is 0.147. The summed E-state index contributed by atoms with van der Waals surface area (Å²) in [5.74, 6) is -0.250. The monoisotopic (exact) mass is 214 g/mol. The van der Waals surface area contributed by atoms with Crippen LogP contribution in [0.5, 0.6) is 0 Å². The molecular formula is C9H14N2O2S. The molecule has 1 atom stereocenters. The van der Waals surface area contributed by atoms with Gasteiger partial charge in [0.25, 0.3) is 0 Å². The van der Waals surface area contributed by atoms with E-state index in [-0.39, 0.29) is 18.6 Å². The second kappa shape index (κ2) is 5.72. The molecule has 4 nitrogen and oxygen atoms in total. The molecule has 0 aromatic carbocycles. The number of carbonyl (C=O) groups excluding carboxylic acids is 1. The summed E-state index contributed by atoms with van der Waals surface area (Å²) >= 11 is 1.59. The van der Waals surface area contributed by atoms with Gasteiger partial charge >= 0.3 is 5.97 Å². The van der Waals surface area contributed by atoms with Crippen molar-refractivity contribution < 1.29 is 9.53 Å². The van der Waals surface area contributed by atoms with Crippen molar-refractivity contribution in [3.8, 4) is 0 Å². The number of thiazole rings is 1. The van der Waals surface area contributed by atoms with Gasteiger partial charge in [0, 0.05) is 11.6 Å². The summed E-state index contributed by atoms with van der Waals surface area (Å²) in [7, 11) is 1.38. The summed E-state index contributed by atoms with van der Waals surface area (Å²) in [4.78, 5) is 15.1. The summed E-state index contributed by atoms with van der Waals surface area (Å²) < 4.78 is 4.54. The Morgan fingerprint density at radius 3 is 3.07 bits per heavy atom. The molecule has 0 saturated carbocycles. The highest BCUT2D eigenvalue weighted by Crippen LogP contribution is 2.18. The van der Waals surface area contributed by atoms with E-state index in [1.54, 1.807) is 17.5 Å². The summed E-state index contributed by atoms with van der Waals surface area (Å²) in [6, 6.07) is 0.147. The molecule has 0 radical (unpaired) electrons. The maximum absolute atomic E-state index is 10.9. The fourth-order valence-corrected chi connectivity index (χ4v) is 1.89. The first kappa shape index (κ1) is 11.1. The smallest absolute Gasteiger partial charge is 0.319 e. The molecule has 0 amide bonds. The average molecular weight is 214 g/mol. The summed E-state index contributed by atoms with van der Waals surface area (Å²) in [6.07, 6.45) is 2.67. The number of aromatic nitrogens is 1. The number of esters is 1. The zero-order valence-corrected chi connectivity index (χ0v) is 9.13. The van der Waals surface area contributed by atoms with Gasteiger partial charge in [0.15, 0.2) is 0 Å². The topological polar surface area (TPSA) is 51.2 Å².